The van der Waals surface area contributed by atoms with Crippen molar-refractivity contribution in [2.24, 2.45) is 0 Å². The van der Waals surface area contributed by atoms with Crippen LogP contribution in [0.15, 0.2) is 24.3 Å². The van der Waals surface area contributed by atoms with Crippen LogP contribution >= 0.6 is 0 Å². The van der Waals surface area contributed by atoms with Gasteiger partial charge in [-0.2, -0.15) is 0 Å². The lowest BCUT2D eigenvalue weighted by Gasteiger charge is -2.22. The van der Waals surface area contributed by atoms with Gasteiger partial charge < -0.3 is 5.32 Å². The van der Waals surface area contributed by atoms with Crippen LogP contribution in [0.4, 0.5) is 5.69 Å². The molecule has 0 aromatic heterocycles. The van der Waals surface area contributed by atoms with Gasteiger partial charge in [-0.15, -0.1) is 0 Å². The Balaban J connectivity index is 2.02. The van der Waals surface area contributed by atoms with E-state index in [4.69, 9.17) is 0 Å². The zero-order chi connectivity index (χ0) is 11.5. The second-order valence-electron chi connectivity index (χ2n) is 4.01. The van der Waals surface area contributed by atoms with Crippen LogP contribution in [-0.4, -0.2) is 17.9 Å². The molecule has 1 aliphatic heterocycles. The Hall–Kier alpha value is -1.84. The van der Waals surface area contributed by atoms with Gasteiger partial charge in [0.2, 0.25) is 11.8 Å². The summed E-state index contributed by atoms with van der Waals surface area (Å²) in [6.07, 6.45) is 0.952. The van der Waals surface area contributed by atoms with Crippen LogP contribution in [0.5, 0.6) is 0 Å². The van der Waals surface area contributed by atoms with Crippen LogP contribution in [0, 0.1) is 6.92 Å². The van der Waals surface area contributed by atoms with Gasteiger partial charge in [-0.05, 0) is 25.5 Å². The topological polar surface area (TPSA) is 58.2 Å². The Kier molecular flexibility index (Phi) is 2.90. The zero-order valence-corrected chi connectivity index (χ0v) is 9.12. The number of hydrogen-bond acceptors (Lipinski definition) is 3. The predicted molar refractivity (Wildman–Crippen MR) is 61.0 cm³/mol. The number of amides is 2. The van der Waals surface area contributed by atoms with E-state index in [1.54, 1.807) is 0 Å². The van der Waals surface area contributed by atoms with Gasteiger partial charge in [0.15, 0.2) is 0 Å². The monoisotopic (exact) mass is 218 g/mol. The maximum absolute atomic E-state index is 11.5. The number of rotatable bonds is 2. The minimum Gasteiger partial charge on any atom is -0.374 e. The molecule has 2 N–H and O–H groups in total. The third kappa shape index (κ3) is 2.39. The molecule has 1 atom stereocenters. The highest BCUT2D eigenvalue weighted by Gasteiger charge is 2.25. The third-order valence-electron chi connectivity index (χ3n) is 2.63. The molecule has 1 unspecified atom stereocenters. The van der Waals surface area contributed by atoms with Crippen molar-refractivity contribution in [2.75, 3.05) is 5.32 Å². The van der Waals surface area contributed by atoms with Crippen LogP contribution in [0.2, 0.25) is 0 Å². The zero-order valence-electron chi connectivity index (χ0n) is 9.12. The summed E-state index contributed by atoms with van der Waals surface area (Å²) in [4.78, 5) is 22.4. The van der Waals surface area contributed by atoms with E-state index in [2.05, 4.69) is 10.6 Å². The van der Waals surface area contributed by atoms with Crippen molar-refractivity contribution in [3.63, 3.8) is 0 Å². The van der Waals surface area contributed by atoms with Crippen molar-refractivity contribution < 1.29 is 9.59 Å². The van der Waals surface area contributed by atoms with Crippen LogP contribution in [-0.2, 0) is 9.59 Å². The Bertz CT molecular complexity index is 412. The molecule has 1 aliphatic rings. The van der Waals surface area contributed by atoms with Gasteiger partial charge in [-0.25, -0.2) is 0 Å². The summed E-state index contributed by atoms with van der Waals surface area (Å²) in [6.45, 7) is 2.01. The van der Waals surface area contributed by atoms with E-state index in [1.165, 1.54) is 5.56 Å². The van der Waals surface area contributed by atoms with Gasteiger partial charge in [0, 0.05) is 12.1 Å². The van der Waals surface area contributed by atoms with E-state index in [1.807, 2.05) is 31.2 Å². The van der Waals surface area contributed by atoms with E-state index in [0.717, 1.165) is 5.69 Å². The molecule has 1 heterocycles. The summed E-state index contributed by atoms with van der Waals surface area (Å²) in [7, 11) is 0. The molecule has 4 heteroatoms. The fourth-order valence-electron chi connectivity index (χ4n) is 1.68. The Labute approximate surface area is 94.0 Å². The predicted octanol–water partition coefficient (Wildman–Crippen LogP) is 1.21. The van der Waals surface area contributed by atoms with Crippen molar-refractivity contribution in [1.82, 2.24) is 5.32 Å². The first-order valence-corrected chi connectivity index (χ1v) is 5.32. The number of anilines is 1. The summed E-state index contributed by atoms with van der Waals surface area (Å²) >= 11 is 0. The number of imide groups is 1. The summed E-state index contributed by atoms with van der Waals surface area (Å²) in [6, 6.07) is 7.51. The van der Waals surface area contributed by atoms with Crippen LogP contribution in [0.3, 0.4) is 0 Å². The van der Waals surface area contributed by atoms with Gasteiger partial charge in [-0.3, -0.25) is 14.9 Å². The number of hydrogen-bond donors (Lipinski definition) is 2. The summed E-state index contributed by atoms with van der Waals surface area (Å²) < 4.78 is 0. The normalized spacial score (nSPS) is 20.4. The van der Waals surface area contributed by atoms with Crippen LogP contribution in [0.25, 0.3) is 0 Å². The lowest BCUT2D eigenvalue weighted by Crippen LogP contribution is -2.47. The fourth-order valence-corrected chi connectivity index (χ4v) is 1.68. The highest BCUT2D eigenvalue weighted by molar-refractivity contribution is 6.01. The van der Waals surface area contributed by atoms with Crippen molar-refractivity contribution in [1.29, 1.82) is 0 Å². The minimum atomic E-state index is -0.305. The SMILES string of the molecule is Cc1ccc(NC2CCC(=O)NC2=O)cc1. The molecule has 1 fully saturated rings. The number of carbonyl (C=O) groups is 2. The van der Waals surface area contributed by atoms with E-state index >= 15 is 0 Å². The second kappa shape index (κ2) is 4.35. The molecule has 0 aliphatic carbocycles. The van der Waals surface area contributed by atoms with Gasteiger partial charge in [0.25, 0.3) is 0 Å². The smallest absolute Gasteiger partial charge is 0.249 e. The van der Waals surface area contributed by atoms with Gasteiger partial charge in [0.05, 0.1) is 0 Å². The second-order valence-corrected chi connectivity index (χ2v) is 4.01. The summed E-state index contributed by atoms with van der Waals surface area (Å²) in [5.41, 5.74) is 2.08. The van der Waals surface area contributed by atoms with E-state index in [9.17, 15) is 9.59 Å². The van der Waals surface area contributed by atoms with Gasteiger partial charge >= 0.3 is 0 Å². The quantitative estimate of drug-likeness (QED) is 0.734. The van der Waals surface area contributed by atoms with Crippen LogP contribution in [0.1, 0.15) is 18.4 Å². The first kappa shape index (κ1) is 10.7. The molecule has 84 valence electrons. The average Bonchev–Trinajstić information content (AvgIpc) is 2.25. The minimum absolute atomic E-state index is 0.188. The number of aryl methyl sites for hydroxylation is 1. The standard InChI is InChI=1S/C12H14N2O2/c1-8-2-4-9(5-3-8)13-10-6-7-11(15)14-12(10)16/h2-5,10,13H,6-7H2,1H3,(H,14,15,16). The molecule has 16 heavy (non-hydrogen) atoms. The molecule has 4 nitrogen and oxygen atoms in total. The molecular weight excluding hydrogens is 204 g/mol. The fraction of sp³-hybridized carbons (Fsp3) is 0.333. The van der Waals surface area contributed by atoms with Crippen molar-refractivity contribution in [3.8, 4) is 0 Å². The van der Waals surface area contributed by atoms with E-state index in [-0.39, 0.29) is 17.9 Å². The highest BCUT2D eigenvalue weighted by Crippen LogP contribution is 2.14. The van der Waals surface area contributed by atoms with E-state index < -0.39 is 0 Å². The lowest BCUT2D eigenvalue weighted by molar-refractivity contribution is -0.133. The number of nitrogens with one attached hydrogen (secondary N) is 2. The van der Waals surface area contributed by atoms with Gasteiger partial charge in [-0.1, -0.05) is 17.7 Å². The number of carbonyl (C=O) groups excluding carboxylic acids is 2. The number of piperidine rings is 1. The van der Waals surface area contributed by atoms with E-state index in [0.29, 0.717) is 12.8 Å². The molecule has 0 bridgehead atoms. The molecule has 1 aromatic rings. The molecule has 2 amide bonds. The highest BCUT2D eigenvalue weighted by atomic mass is 16.2. The average molecular weight is 218 g/mol. The molecule has 1 aromatic carbocycles. The Morgan fingerprint density at radius 3 is 2.56 bits per heavy atom. The Morgan fingerprint density at radius 2 is 1.94 bits per heavy atom. The van der Waals surface area contributed by atoms with Crippen molar-refractivity contribution in [2.45, 2.75) is 25.8 Å². The molecular formula is C12H14N2O2. The summed E-state index contributed by atoms with van der Waals surface area (Å²) in [5, 5.41) is 5.43. The van der Waals surface area contributed by atoms with Crippen molar-refractivity contribution in [3.05, 3.63) is 29.8 Å². The largest absolute Gasteiger partial charge is 0.374 e. The van der Waals surface area contributed by atoms with Crippen molar-refractivity contribution >= 4 is 17.5 Å². The molecule has 1 saturated heterocycles. The molecule has 0 spiro atoms. The molecule has 0 radical (unpaired) electrons. The first-order chi connectivity index (χ1) is 7.65. The lowest BCUT2D eigenvalue weighted by atomic mass is 10.1. The summed E-state index contributed by atoms with van der Waals surface area (Å²) in [5.74, 6) is -0.427. The molecule has 0 saturated carbocycles. The van der Waals surface area contributed by atoms with Gasteiger partial charge in [0.1, 0.15) is 6.04 Å². The van der Waals surface area contributed by atoms with Crippen LogP contribution < -0.4 is 10.6 Å². The first-order valence-electron chi connectivity index (χ1n) is 5.32. The maximum atomic E-state index is 11.5. The number of benzene rings is 1. The Morgan fingerprint density at radius 1 is 1.25 bits per heavy atom. The maximum Gasteiger partial charge on any atom is 0.249 e. The molecule has 2 rings (SSSR count). The third-order valence-corrected chi connectivity index (χ3v) is 2.63.